The van der Waals surface area contributed by atoms with Gasteiger partial charge in [0.05, 0.1) is 5.56 Å². The molecule has 1 unspecified atom stereocenters. The molecular formula is C24H30N4O2. The number of anilines is 1. The molecule has 2 amide bonds. The third kappa shape index (κ3) is 4.81. The molecule has 158 valence electrons. The lowest BCUT2D eigenvalue weighted by Crippen LogP contribution is -2.49. The van der Waals surface area contributed by atoms with E-state index in [1.165, 1.54) is 6.42 Å². The molecule has 1 N–H and O–H groups in total. The fourth-order valence-corrected chi connectivity index (χ4v) is 4.38. The van der Waals surface area contributed by atoms with Crippen molar-refractivity contribution in [2.24, 2.45) is 0 Å². The molecule has 0 radical (unpaired) electrons. The van der Waals surface area contributed by atoms with Crippen molar-refractivity contribution in [3.63, 3.8) is 0 Å². The molecule has 2 fully saturated rings. The molecule has 30 heavy (non-hydrogen) atoms. The molecule has 2 aliphatic rings. The summed E-state index contributed by atoms with van der Waals surface area (Å²) >= 11 is 0. The van der Waals surface area contributed by atoms with Crippen LogP contribution in [-0.2, 0) is 11.2 Å². The SMILES string of the molecule is O=C(NC(Cc1ccccc1)C(=O)N1CCCC1)c1cccnc1N1CCCCC1. The average molecular weight is 407 g/mol. The predicted octanol–water partition coefficient (Wildman–Crippen LogP) is 3.04. The third-order valence-corrected chi connectivity index (χ3v) is 5.99. The molecule has 1 aromatic carbocycles. The van der Waals surface area contributed by atoms with Gasteiger partial charge in [-0.2, -0.15) is 0 Å². The van der Waals surface area contributed by atoms with Crippen LogP contribution in [0, 0.1) is 0 Å². The van der Waals surface area contributed by atoms with Crippen LogP contribution in [0.25, 0.3) is 0 Å². The highest BCUT2D eigenvalue weighted by Gasteiger charge is 2.29. The summed E-state index contributed by atoms with van der Waals surface area (Å²) in [7, 11) is 0. The number of hydrogen-bond acceptors (Lipinski definition) is 4. The van der Waals surface area contributed by atoms with E-state index in [-0.39, 0.29) is 11.8 Å². The molecule has 0 saturated carbocycles. The van der Waals surface area contributed by atoms with Crippen molar-refractivity contribution in [3.8, 4) is 0 Å². The summed E-state index contributed by atoms with van der Waals surface area (Å²) in [5.41, 5.74) is 1.59. The highest BCUT2D eigenvalue weighted by Crippen LogP contribution is 2.22. The van der Waals surface area contributed by atoms with Gasteiger partial charge in [-0.25, -0.2) is 4.98 Å². The van der Waals surface area contributed by atoms with Gasteiger partial charge in [0, 0.05) is 38.8 Å². The van der Waals surface area contributed by atoms with Crippen molar-refractivity contribution in [1.82, 2.24) is 15.2 Å². The molecule has 3 heterocycles. The third-order valence-electron chi connectivity index (χ3n) is 5.99. The first-order chi connectivity index (χ1) is 14.7. The van der Waals surface area contributed by atoms with Gasteiger partial charge in [0.25, 0.3) is 5.91 Å². The number of benzene rings is 1. The highest BCUT2D eigenvalue weighted by molar-refractivity contribution is 6.01. The van der Waals surface area contributed by atoms with E-state index in [0.717, 1.165) is 63.2 Å². The first-order valence-corrected chi connectivity index (χ1v) is 11.1. The van der Waals surface area contributed by atoms with E-state index in [9.17, 15) is 9.59 Å². The van der Waals surface area contributed by atoms with Gasteiger partial charge in [0.1, 0.15) is 11.9 Å². The van der Waals surface area contributed by atoms with E-state index in [1.54, 1.807) is 12.3 Å². The van der Waals surface area contributed by atoms with Gasteiger partial charge in [-0.15, -0.1) is 0 Å². The van der Waals surface area contributed by atoms with Crippen LogP contribution in [0.15, 0.2) is 48.7 Å². The number of carbonyl (C=O) groups excluding carboxylic acids is 2. The second kappa shape index (κ2) is 9.74. The molecule has 2 aliphatic heterocycles. The van der Waals surface area contributed by atoms with Crippen molar-refractivity contribution in [3.05, 3.63) is 59.8 Å². The number of piperidine rings is 1. The lowest BCUT2D eigenvalue weighted by Gasteiger charge is -2.29. The maximum absolute atomic E-state index is 13.3. The van der Waals surface area contributed by atoms with Gasteiger partial charge in [-0.1, -0.05) is 30.3 Å². The van der Waals surface area contributed by atoms with Crippen LogP contribution in [-0.4, -0.2) is 53.9 Å². The first-order valence-electron chi connectivity index (χ1n) is 11.1. The number of hydrogen-bond donors (Lipinski definition) is 1. The molecule has 0 bridgehead atoms. The van der Waals surface area contributed by atoms with Crippen LogP contribution >= 0.6 is 0 Å². The van der Waals surface area contributed by atoms with Crippen molar-refractivity contribution in [2.45, 2.75) is 44.6 Å². The van der Waals surface area contributed by atoms with Crippen molar-refractivity contribution >= 4 is 17.6 Å². The van der Waals surface area contributed by atoms with Crippen LogP contribution < -0.4 is 10.2 Å². The number of nitrogens with one attached hydrogen (secondary N) is 1. The van der Waals surface area contributed by atoms with E-state index in [1.807, 2.05) is 41.3 Å². The van der Waals surface area contributed by atoms with Crippen LogP contribution in [0.1, 0.15) is 48.0 Å². The summed E-state index contributed by atoms with van der Waals surface area (Å²) in [4.78, 5) is 35.0. The molecule has 6 heteroatoms. The van der Waals surface area contributed by atoms with Gasteiger partial charge in [0.15, 0.2) is 0 Å². The zero-order valence-electron chi connectivity index (χ0n) is 17.4. The van der Waals surface area contributed by atoms with Gasteiger partial charge >= 0.3 is 0 Å². The summed E-state index contributed by atoms with van der Waals surface area (Å²) in [6, 6.07) is 12.9. The maximum atomic E-state index is 13.3. The quantitative estimate of drug-likeness (QED) is 0.801. The number of pyridine rings is 1. The van der Waals surface area contributed by atoms with E-state index < -0.39 is 6.04 Å². The van der Waals surface area contributed by atoms with Crippen LogP contribution in [0.4, 0.5) is 5.82 Å². The van der Waals surface area contributed by atoms with Gasteiger partial charge in [-0.3, -0.25) is 9.59 Å². The Balaban J connectivity index is 1.55. The number of nitrogens with zero attached hydrogens (tertiary/aromatic N) is 3. The fourth-order valence-electron chi connectivity index (χ4n) is 4.38. The second-order valence-electron chi connectivity index (χ2n) is 8.17. The Bertz CT molecular complexity index is 859. The summed E-state index contributed by atoms with van der Waals surface area (Å²) in [5, 5.41) is 3.04. The number of aromatic nitrogens is 1. The fraction of sp³-hybridized carbons (Fsp3) is 0.458. The van der Waals surface area contributed by atoms with Gasteiger partial charge < -0.3 is 15.1 Å². The minimum atomic E-state index is -0.576. The monoisotopic (exact) mass is 406 g/mol. The Labute approximate surface area is 178 Å². The summed E-state index contributed by atoms with van der Waals surface area (Å²) in [5.74, 6) is 0.507. The van der Waals surface area contributed by atoms with Gasteiger partial charge in [0.2, 0.25) is 5.91 Å². The normalized spacial score (nSPS) is 17.6. The zero-order valence-corrected chi connectivity index (χ0v) is 17.4. The van der Waals surface area contributed by atoms with E-state index >= 15 is 0 Å². The first kappa shape index (κ1) is 20.4. The minimum absolute atomic E-state index is 0.00751. The summed E-state index contributed by atoms with van der Waals surface area (Å²) in [6.07, 6.45) is 7.72. The van der Waals surface area contributed by atoms with Crippen LogP contribution in [0.5, 0.6) is 0 Å². The zero-order chi connectivity index (χ0) is 20.8. The minimum Gasteiger partial charge on any atom is -0.356 e. The van der Waals surface area contributed by atoms with Crippen LogP contribution in [0.2, 0.25) is 0 Å². The Kier molecular flexibility index (Phi) is 6.62. The number of amides is 2. The van der Waals surface area contributed by atoms with Crippen molar-refractivity contribution in [2.75, 3.05) is 31.1 Å². The molecular weight excluding hydrogens is 376 g/mol. The predicted molar refractivity (Wildman–Crippen MR) is 118 cm³/mol. The molecule has 1 atom stereocenters. The smallest absolute Gasteiger partial charge is 0.255 e. The highest BCUT2D eigenvalue weighted by atomic mass is 16.2. The van der Waals surface area contributed by atoms with E-state index in [0.29, 0.717) is 12.0 Å². The van der Waals surface area contributed by atoms with Crippen molar-refractivity contribution < 1.29 is 9.59 Å². The lowest BCUT2D eigenvalue weighted by atomic mass is 10.0. The Morgan fingerprint density at radius 1 is 0.900 bits per heavy atom. The molecule has 2 saturated heterocycles. The maximum Gasteiger partial charge on any atom is 0.255 e. The number of carbonyl (C=O) groups is 2. The average Bonchev–Trinajstić information content (AvgIpc) is 3.34. The molecule has 1 aromatic heterocycles. The van der Waals surface area contributed by atoms with Gasteiger partial charge in [-0.05, 0) is 49.8 Å². The van der Waals surface area contributed by atoms with E-state index in [2.05, 4.69) is 15.2 Å². The lowest BCUT2D eigenvalue weighted by molar-refractivity contribution is -0.132. The Hall–Kier alpha value is -2.89. The Morgan fingerprint density at radius 3 is 2.33 bits per heavy atom. The molecule has 0 aliphatic carbocycles. The van der Waals surface area contributed by atoms with Crippen molar-refractivity contribution in [1.29, 1.82) is 0 Å². The number of likely N-dealkylation sites (tertiary alicyclic amines) is 1. The second-order valence-corrected chi connectivity index (χ2v) is 8.17. The van der Waals surface area contributed by atoms with E-state index in [4.69, 9.17) is 0 Å². The van der Waals surface area contributed by atoms with Crippen LogP contribution in [0.3, 0.4) is 0 Å². The number of rotatable bonds is 6. The summed E-state index contributed by atoms with van der Waals surface area (Å²) < 4.78 is 0. The standard InChI is InChI=1S/C24H30N4O2/c29-23(20-12-9-13-25-22(20)27-14-5-2-6-15-27)26-21(18-19-10-3-1-4-11-19)24(30)28-16-7-8-17-28/h1,3-4,9-13,21H,2,5-8,14-18H2,(H,26,29). The molecule has 4 rings (SSSR count). The molecule has 2 aromatic rings. The topological polar surface area (TPSA) is 65.5 Å². The largest absolute Gasteiger partial charge is 0.356 e. The Morgan fingerprint density at radius 2 is 1.60 bits per heavy atom. The molecule has 6 nitrogen and oxygen atoms in total. The molecule has 0 spiro atoms. The summed E-state index contributed by atoms with van der Waals surface area (Å²) in [6.45, 7) is 3.37.